The van der Waals surface area contributed by atoms with Crippen molar-refractivity contribution in [2.75, 3.05) is 19.6 Å². The Balaban J connectivity index is 1.84. The van der Waals surface area contributed by atoms with Crippen molar-refractivity contribution >= 4 is 56.6 Å². The third-order valence-corrected chi connectivity index (χ3v) is 8.15. The summed E-state index contributed by atoms with van der Waals surface area (Å²) in [5.41, 5.74) is 5.93. The molecule has 0 spiro atoms. The van der Waals surface area contributed by atoms with Crippen molar-refractivity contribution in [2.45, 2.75) is 24.3 Å². The third-order valence-electron chi connectivity index (χ3n) is 5.36. The van der Waals surface area contributed by atoms with Crippen molar-refractivity contribution in [1.82, 2.24) is 9.21 Å². The average Bonchev–Trinajstić information content (AvgIpc) is 2.76. The smallest absolute Gasteiger partial charge is 0.243 e. The van der Waals surface area contributed by atoms with Crippen molar-refractivity contribution in [1.29, 1.82) is 0 Å². The second-order valence-electron chi connectivity index (χ2n) is 7.53. The molecular weight excluding hydrogens is 497 g/mol. The van der Waals surface area contributed by atoms with Crippen molar-refractivity contribution in [3.63, 3.8) is 0 Å². The fraction of sp³-hybridized carbons (Fsp3) is 0.333. The number of amides is 2. The summed E-state index contributed by atoms with van der Waals surface area (Å²) in [6.07, 6.45) is 0.912. The van der Waals surface area contributed by atoms with Crippen molar-refractivity contribution in [3.05, 3.63) is 63.1 Å². The topological polar surface area (TPSA) is 101 Å². The molecule has 3 rings (SSSR count). The number of carbonyl (C=O) groups is 2. The Kier molecular flexibility index (Phi) is 8.06. The average molecular weight is 519 g/mol. The summed E-state index contributed by atoms with van der Waals surface area (Å²) in [4.78, 5) is 25.9. The van der Waals surface area contributed by atoms with Crippen LogP contribution in [0.15, 0.2) is 47.4 Å². The molecule has 0 radical (unpaired) electrons. The number of nitrogens with zero attached hydrogens (tertiary/aromatic N) is 2. The predicted octanol–water partition coefficient (Wildman–Crippen LogP) is 3.56. The molecular formula is C21H22Cl3N3O4S. The Morgan fingerprint density at radius 1 is 1.00 bits per heavy atom. The van der Waals surface area contributed by atoms with Crippen molar-refractivity contribution in [2.24, 2.45) is 11.7 Å². The number of hydrogen-bond donors (Lipinski definition) is 1. The van der Waals surface area contributed by atoms with Gasteiger partial charge in [0, 0.05) is 30.6 Å². The van der Waals surface area contributed by atoms with E-state index in [2.05, 4.69) is 0 Å². The quantitative estimate of drug-likeness (QED) is 0.605. The first-order chi connectivity index (χ1) is 15.1. The molecule has 11 heteroatoms. The highest BCUT2D eigenvalue weighted by Gasteiger charge is 2.31. The summed E-state index contributed by atoms with van der Waals surface area (Å²) in [5, 5.41) is 1.03. The van der Waals surface area contributed by atoms with Crippen LogP contribution < -0.4 is 5.73 Å². The minimum atomic E-state index is -4.02. The van der Waals surface area contributed by atoms with Crippen LogP contribution in [-0.2, 0) is 26.2 Å². The van der Waals surface area contributed by atoms with Gasteiger partial charge < -0.3 is 10.6 Å². The van der Waals surface area contributed by atoms with E-state index in [0.29, 0.717) is 41.5 Å². The van der Waals surface area contributed by atoms with Crippen LogP contribution in [0.25, 0.3) is 0 Å². The van der Waals surface area contributed by atoms with E-state index in [1.807, 2.05) is 0 Å². The van der Waals surface area contributed by atoms with Gasteiger partial charge in [0.1, 0.15) is 0 Å². The van der Waals surface area contributed by atoms with Gasteiger partial charge in [-0.05, 0) is 54.8 Å². The Morgan fingerprint density at radius 3 is 2.19 bits per heavy atom. The highest BCUT2D eigenvalue weighted by Crippen LogP contribution is 2.26. The van der Waals surface area contributed by atoms with E-state index < -0.39 is 10.0 Å². The highest BCUT2D eigenvalue weighted by molar-refractivity contribution is 7.89. The molecule has 32 heavy (non-hydrogen) atoms. The fourth-order valence-corrected chi connectivity index (χ4v) is 5.31. The lowest BCUT2D eigenvalue weighted by Gasteiger charge is -2.32. The molecule has 2 aromatic rings. The monoisotopic (exact) mass is 517 g/mol. The van der Waals surface area contributed by atoms with E-state index in [1.54, 1.807) is 23.1 Å². The van der Waals surface area contributed by atoms with Crippen LogP contribution in [-0.4, -0.2) is 49.1 Å². The molecule has 1 aliphatic heterocycles. The van der Waals surface area contributed by atoms with Crippen LogP contribution in [0.2, 0.25) is 15.1 Å². The van der Waals surface area contributed by atoms with E-state index in [4.69, 9.17) is 40.5 Å². The third kappa shape index (κ3) is 5.94. The van der Waals surface area contributed by atoms with Gasteiger partial charge in [0.15, 0.2) is 0 Å². The number of benzene rings is 2. The SMILES string of the molecule is NC(=O)C1CCN(C(=O)CN(Cc2ccc(Cl)c(Cl)c2)S(=O)(=O)c2ccc(Cl)cc2)CC1. The number of hydrogen-bond acceptors (Lipinski definition) is 4. The molecule has 1 aliphatic rings. The Bertz CT molecular complexity index is 1100. The van der Waals surface area contributed by atoms with E-state index in [0.717, 1.165) is 4.31 Å². The van der Waals surface area contributed by atoms with Gasteiger partial charge in [-0.3, -0.25) is 9.59 Å². The number of carbonyl (C=O) groups excluding carboxylic acids is 2. The summed E-state index contributed by atoms with van der Waals surface area (Å²) in [6, 6.07) is 10.5. The predicted molar refractivity (Wildman–Crippen MR) is 124 cm³/mol. The van der Waals surface area contributed by atoms with E-state index >= 15 is 0 Å². The number of nitrogens with two attached hydrogens (primary N) is 1. The van der Waals surface area contributed by atoms with Crippen LogP contribution in [0.1, 0.15) is 18.4 Å². The number of halogens is 3. The lowest BCUT2D eigenvalue weighted by atomic mass is 9.96. The van der Waals surface area contributed by atoms with Gasteiger partial charge in [0.2, 0.25) is 21.8 Å². The van der Waals surface area contributed by atoms with Gasteiger partial charge in [-0.25, -0.2) is 8.42 Å². The summed E-state index contributed by atoms with van der Waals surface area (Å²) in [6.45, 7) is 0.236. The van der Waals surface area contributed by atoms with Crippen LogP contribution in [0, 0.1) is 5.92 Å². The zero-order valence-electron chi connectivity index (χ0n) is 17.0. The van der Waals surface area contributed by atoms with Gasteiger partial charge >= 0.3 is 0 Å². The molecule has 0 bridgehead atoms. The van der Waals surface area contributed by atoms with Crippen LogP contribution in [0.3, 0.4) is 0 Å². The first-order valence-corrected chi connectivity index (χ1v) is 12.4. The maximum absolute atomic E-state index is 13.4. The molecule has 172 valence electrons. The number of primary amides is 1. The van der Waals surface area contributed by atoms with Crippen LogP contribution in [0.4, 0.5) is 0 Å². The second-order valence-corrected chi connectivity index (χ2v) is 10.7. The molecule has 1 saturated heterocycles. The fourth-order valence-electron chi connectivity index (χ4n) is 3.49. The normalized spacial score (nSPS) is 15.2. The highest BCUT2D eigenvalue weighted by atomic mass is 35.5. The minimum absolute atomic E-state index is 0.0159. The Hall–Kier alpha value is -1.84. The molecule has 0 aromatic heterocycles. The molecule has 1 heterocycles. The maximum Gasteiger partial charge on any atom is 0.243 e. The van der Waals surface area contributed by atoms with E-state index in [-0.39, 0.29) is 40.7 Å². The molecule has 2 aromatic carbocycles. The van der Waals surface area contributed by atoms with Gasteiger partial charge in [-0.1, -0.05) is 40.9 Å². The maximum atomic E-state index is 13.4. The molecule has 0 unspecified atom stereocenters. The van der Waals surface area contributed by atoms with Gasteiger partial charge in [0.25, 0.3) is 0 Å². The summed E-state index contributed by atoms with van der Waals surface area (Å²) in [7, 11) is -4.02. The Labute approximate surface area is 202 Å². The largest absolute Gasteiger partial charge is 0.369 e. The molecule has 1 fully saturated rings. The number of sulfonamides is 1. The van der Waals surface area contributed by atoms with Crippen LogP contribution in [0.5, 0.6) is 0 Å². The standard InChI is InChI=1S/C21H22Cl3N3O4S/c22-16-2-4-17(5-3-16)32(30,31)27(12-14-1-6-18(23)19(24)11-14)13-20(28)26-9-7-15(8-10-26)21(25)29/h1-6,11,15H,7-10,12-13H2,(H2,25,29). The van der Waals surface area contributed by atoms with Crippen molar-refractivity contribution < 1.29 is 18.0 Å². The molecule has 2 N–H and O–H groups in total. The van der Waals surface area contributed by atoms with E-state index in [9.17, 15) is 18.0 Å². The first-order valence-electron chi connectivity index (χ1n) is 9.84. The van der Waals surface area contributed by atoms with Gasteiger partial charge in [-0.2, -0.15) is 4.31 Å². The minimum Gasteiger partial charge on any atom is -0.369 e. The van der Waals surface area contributed by atoms with Crippen molar-refractivity contribution in [3.8, 4) is 0 Å². The van der Waals surface area contributed by atoms with Crippen LogP contribution >= 0.6 is 34.8 Å². The number of rotatable bonds is 7. The zero-order valence-corrected chi connectivity index (χ0v) is 20.1. The number of likely N-dealkylation sites (tertiary alicyclic amines) is 1. The summed E-state index contributed by atoms with van der Waals surface area (Å²) in [5.74, 6) is -1.02. The lowest BCUT2D eigenvalue weighted by Crippen LogP contribution is -2.46. The second kappa shape index (κ2) is 10.4. The van der Waals surface area contributed by atoms with Gasteiger partial charge in [0.05, 0.1) is 21.5 Å². The molecule has 2 amide bonds. The zero-order chi connectivity index (χ0) is 23.5. The Morgan fingerprint density at radius 2 is 1.62 bits per heavy atom. The molecule has 7 nitrogen and oxygen atoms in total. The van der Waals surface area contributed by atoms with E-state index in [1.165, 1.54) is 24.3 Å². The lowest BCUT2D eigenvalue weighted by molar-refractivity contribution is -0.135. The summed E-state index contributed by atoms with van der Waals surface area (Å²) >= 11 is 17.9. The summed E-state index contributed by atoms with van der Waals surface area (Å²) < 4.78 is 27.8. The molecule has 0 atom stereocenters. The first kappa shape index (κ1) is 24.8. The number of piperidine rings is 1. The van der Waals surface area contributed by atoms with Gasteiger partial charge in [-0.15, -0.1) is 0 Å². The molecule has 0 saturated carbocycles. The molecule has 0 aliphatic carbocycles.